The third-order valence-electron chi connectivity index (χ3n) is 3.15. The van der Waals surface area contributed by atoms with Crippen LogP contribution >= 0.6 is 0 Å². The first kappa shape index (κ1) is 10.8. The van der Waals surface area contributed by atoms with Gasteiger partial charge in [0.05, 0.1) is 17.5 Å². The Hall–Kier alpha value is -2.36. The quantitative estimate of drug-likeness (QED) is 0.697. The molecule has 0 fully saturated rings. The number of anilines is 1. The number of nitrogen functional groups attached to an aromatic ring is 1. The lowest BCUT2D eigenvalue weighted by Gasteiger charge is -2.05. The highest BCUT2D eigenvalue weighted by Crippen LogP contribution is 2.23. The lowest BCUT2D eigenvalue weighted by Crippen LogP contribution is -1.98. The summed E-state index contributed by atoms with van der Waals surface area (Å²) in [6.45, 7) is 2.78. The molecule has 3 rings (SSSR count). The Bertz CT molecular complexity index is 686. The minimum atomic E-state index is 0.765. The number of rotatable bonds is 2. The molecule has 4 nitrogen and oxygen atoms in total. The second-order valence-electron chi connectivity index (χ2n) is 4.39. The smallest absolute Gasteiger partial charge is 0.112 e. The molecule has 0 radical (unpaired) electrons. The number of imidazole rings is 1. The van der Waals surface area contributed by atoms with Gasteiger partial charge in [-0.25, -0.2) is 4.98 Å². The molecule has 0 spiro atoms. The Labute approximate surface area is 105 Å². The summed E-state index contributed by atoms with van der Waals surface area (Å²) in [6, 6.07) is 8.10. The van der Waals surface area contributed by atoms with E-state index in [0.717, 1.165) is 28.8 Å². The SMILES string of the molecule is Cc1ccc2c(ncn2Cc2ccncc2)c1N. The maximum atomic E-state index is 6.04. The van der Waals surface area contributed by atoms with Crippen LogP contribution in [0.3, 0.4) is 0 Å². The van der Waals surface area contributed by atoms with Gasteiger partial charge in [0.25, 0.3) is 0 Å². The maximum Gasteiger partial charge on any atom is 0.112 e. The molecule has 0 atom stereocenters. The Morgan fingerprint density at radius 1 is 1.17 bits per heavy atom. The Balaban J connectivity index is 2.06. The van der Waals surface area contributed by atoms with E-state index in [1.165, 1.54) is 5.56 Å². The van der Waals surface area contributed by atoms with Crippen molar-refractivity contribution in [3.05, 3.63) is 54.1 Å². The van der Waals surface area contributed by atoms with Gasteiger partial charge in [-0.3, -0.25) is 4.98 Å². The van der Waals surface area contributed by atoms with Gasteiger partial charge in [-0.2, -0.15) is 0 Å². The van der Waals surface area contributed by atoms with E-state index in [1.807, 2.05) is 31.5 Å². The first-order chi connectivity index (χ1) is 8.75. The zero-order valence-corrected chi connectivity index (χ0v) is 10.2. The van der Waals surface area contributed by atoms with Gasteiger partial charge < -0.3 is 10.3 Å². The van der Waals surface area contributed by atoms with Gasteiger partial charge in [-0.15, -0.1) is 0 Å². The number of aryl methyl sites for hydroxylation is 1. The molecule has 2 N–H and O–H groups in total. The molecule has 4 heteroatoms. The molecule has 0 aliphatic rings. The maximum absolute atomic E-state index is 6.04. The predicted octanol–water partition coefficient (Wildman–Crippen LogP) is 2.37. The monoisotopic (exact) mass is 238 g/mol. The third-order valence-corrected chi connectivity index (χ3v) is 3.15. The van der Waals surface area contributed by atoms with Crippen LogP contribution in [0.4, 0.5) is 5.69 Å². The second-order valence-corrected chi connectivity index (χ2v) is 4.39. The number of fused-ring (bicyclic) bond motifs is 1. The highest BCUT2D eigenvalue weighted by atomic mass is 15.0. The van der Waals surface area contributed by atoms with E-state index in [9.17, 15) is 0 Å². The summed E-state index contributed by atoms with van der Waals surface area (Å²) >= 11 is 0. The zero-order chi connectivity index (χ0) is 12.5. The lowest BCUT2D eigenvalue weighted by atomic mass is 10.1. The molecule has 3 aromatic rings. The number of nitrogens with zero attached hydrogens (tertiary/aromatic N) is 3. The molecule has 18 heavy (non-hydrogen) atoms. The number of hydrogen-bond donors (Lipinski definition) is 1. The van der Waals surface area contributed by atoms with Crippen LogP contribution in [0.15, 0.2) is 43.0 Å². The van der Waals surface area contributed by atoms with Crippen molar-refractivity contribution >= 4 is 16.7 Å². The topological polar surface area (TPSA) is 56.7 Å². The molecule has 0 aliphatic carbocycles. The average Bonchev–Trinajstić information content (AvgIpc) is 2.79. The van der Waals surface area contributed by atoms with E-state index in [1.54, 1.807) is 12.4 Å². The van der Waals surface area contributed by atoms with Crippen molar-refractivity contribution < 1.29 is 0 Å². The second kappa shape index (κ2) is 4.14. The number of aromatic nitrogens is 3. The van der Waals surface area contributed by atoms with Crippen molar-refractivity contribution in [3.63, 3.8) is 0 Å². The Kier molecular flexibility index (Phi) is 2.48. The van der Waals surface area contributed by atoms with E-state index in [4.69, 9.17) is 5.73 Å². The van der Waals surface area contributed by atoms with Gasteiger partial charge in [0.1, 0.15) is 5.52 Å². The molecular weight excluding hydrogens is 224 g/mol. The van der Waals surface area contributed by atoms with Gasteiger partial charge in [-0.05, 0) is 36.2 Å². The van der Waals surface area contributed by atoms with Gasteiger partial charge in [-0.1, -0.05) is 6.07 Å². The van der Waals surface area contributed by atoms with Crippen molar-refractivity contribution in [2.45, 2.75) is 13.5 Å². The highest BCUT2D eigenvalue weighted by Gasteiger charge is 2.07. The van der Waals surface area contributed by atoms with E-state index in [0.29, 0.717) is 0 Å². The van der Waals surface area contributed by atoms with Crippen LogP contribution in [0.25, 0.3) is 11.0 Å². The van der Waals surface area contributed by atoms with Gasteiger partial charge in [0.2, 0.25) is 0 Å². The van der Waals surface area contributed by atoms with Crippen LogP contribution < -0.4 is 5.73 Å². The van der Waals surface area contributed by atoms with Crippen molar-refractivity contribution in [3.8, 4) is 0 Å². The van der Waals surface area contributed by atoms with E-state index in [2.05, 4.69) is 20.6 Å². The first-order valence-electron chi connectivity index (χ1n) is 5.84. The molecule has 0 saturated heterocycles. The number of benzene rings is 1. The van der Waals surface area contributed by atoms with Crippen LogP contribution in [-0.2, 0) is 6.54 Å². The van der Waals surface area contributed by atoms with Gasteiger partial charge in [0, 0.05) is 18.9 Å². The Morgan fingerprint density at radius 2 is 1.94 bits per heavy atom. The molecule has 0 unspecified atom stereocenters. The van der Waals surface area contributed by atoms with Crippen molar-refractivity contribution in [2.75, 3.05) is 5.73 Å². The van der Waals surface area contributed by atoms with Gasteiger partial charge >= 0.3 is 0 Å². The van der Waals surface area contributed by atoms with Crippen LogP contribution in [-0.4, -0.2) is 14.5 Å². The molecule has 0 aliphatic heterocycles. The molecule has 2 aromatic heterocycles. The Morgan fingerprint density at radius 3 is 2.72 bits per heavy atom. The fourth-order valence-corrected chi connectivity index (χ4v) is 2.07. The first-order valence-corrected chi connectivity index (χ1v) is 5.84. The summed E-state index contributed by atoms with van der Waals surface area (Å²) in [5, 5.41) is 0. The molecule has 90 valence electrons. The summed E-state index contributed by atoms with van der Waals surface area (Å²) in [5.74, 6) is 0. The summed E-state index contributed by atoms with van der Waals surface area (Å²) < 4.78 is 2.10. The summed E-state index contributed by atoms with van der Waals surface area (Å²) in [5.41, 5.74) is 11.0. The highest BCUT2D eigenvalue weighted by molar-refractivity contribution is 5.89. The summed E-state index contributed by atoms with van der Waals surface area (Å²) in [6.07, 6.45) is 5.43. The summed E-state index contributed by atoms with van der Waals surface area (Å²) in [7, 11) is 0. The van der Waals surface area contributed by atoms with E-state index >= 15 is 0 Å². The molecule has 0 saturated carbocycles. The molecule has 0 amide bonds. The van der Waals surface area contributed by atoms with Crippen LogP contribution in [0.5, 0.6) is 0 Å². The average molecular weight is 238 g/mol. The van der Waals surface area contributed by atoms with Crippen molar-refractivity contribution in [1.29, 1.82) is 0 Å². The molecule has 1 aromatic carbocycles. The molecule has 2 heterocycles. The lowest BCUT2D eigenvalue weighted by molar-refractivity contribution is 0.822. The predicted molar refractivity (Wildman–Crippen MR) is 72.2 cm³/mol. The third kappa shape index (κ3) is 1.72. The van der Waals surface area contributed by atoms with Crippen molar-refractivity contribution in [2.24, 2.45) is 0 Å². The van der Waals surface area contributed by atoms with Crippen LogP contribution in [0, 0.1) is 6.92 Å². The normalized spacial score (nSPS) is 10.9. The zero-order valence-electron chi connectivity index (χ0n) is 10.2. The summed E-state index contributed by atoms with van der Waals surface area (Å²) in [4.78, 5) is 8.42. The van der Waals surface area contributed by atoms with E-state index in [-0.39, 0.29) is 0 Å². The van der Waals surface area contributed by atoms with E-state index < -0.39 is 0 Å². The fourth-order valence-electron chi connectivity index (χ4n) is 2.07. The minimum absolute atomic E-state index is 0.765. The minimum Gasteiger partial charge on any atom is -0.397 e. The number of pyridine rings is 1. The number of nitrogens with two attached hydrogens (primary N) is 1. The fraction of sp³-hybridized carbons (Fsp3) is 0.143. The largest absolute Gasteiger partial charge is 0.397 e. The van der Waals surface area contributed by atoms with Crippen molar-refractivity contribution in [1.82, 2.24) is 14.5 Å². The standard InChI is InChI=1S/C14H14N4/c1-10-2-3-12-14(13(10)15)17-9-18(12)8-11-4-6-16-7-5-11/h2-7,9H,8,15H2,1H3. The van der Waals surface area contributed by atoms with Crippen LogP contribution in [0.2, 0.25) is 0 Å². The molecular formula is C14H14N4. The van der Waals surface area contributed by atoms with Gasteiger partial charge in [0.15, 0.2) is 0 Å². The molecule has 0 bridgehead atoms. The van der Waals surface area contributed by atoms with Crippen LogP contribution in [0.1, 0.15) is 11.1 Å². The number of hydrogen-bond acceptors (Lipinski definition) is 3.